The first kappa shape index (κ1) is 27.2. The highest BCUT2D eigenvalue weighted by molar-refractivity contribution is 7.92. The summed E-state index contributed by atoms with van der Waals surface area (Å²) in [6.07, 6.45) is 1.65. The Hall–Kier alpha value is -3.01. The lowest BCUT2D eigenvalue weighted by Crippen LogP contribution is -2.48. The van der Waals surface area contributed by atoms with Crippen LogP contribution in [0.5, 0.6) is 0 Å². The third kappa shape index (κ3) is 7.51. The number of carbonyl (C=O) groups is 2. The Labute approximate surface area is 199 Å². The Balaban J connectivity index is 2.17. The maximum Gasteiger partial charge on any atom is 0.242 e. The first-order valence-corrected chi connectivity index (χ1v) is 12.9. The Bertz CT molecular complexity index is 1100. The molecule has 0 aliphatic rings. The molecule has 1 atom stereocenters. The van der Waals surface area contributed by atoms with Gasteiger partial charge >= 0.3 is 0 Å². The van der Waals surface area contributed by atoms with Crippen LogP contribution >= 0.6 is 0 Å². The number of halogens is 2. The topological polar surface area (TPSA) is 86.8 Å². The average Bonchev–Trinajstić information content (AvgIpc) is 2.79. The minimum atomic E-state index is -3.80. The first-order chi connectivity index (χ1) is 16.1. The van der Waals surface area contributed by atoms with Crippen molar-refractivity contribution in [3.05, 3.63) is 65.7 Å². The van der Waals surface area contributed by atoms with Gasteiger partial charge in [0.15, 0.2) is 0 Å². The molecule has 0 saturated carbocycles. The molecule has 7 nitrogen and oxygen atoms in total. The molecule has 0 radical (unpaired) electrons. The largest absolute Gasteiger partial charge is 0.354 e. The molecule has 0 aliphatic carbocycles. The summed E-state index contributed by atoms with van der Waals surface area (Å²) in [6, 6.07) is 10.6. The Morgan fingerprint density at radius 3 is 2.24 bits per heavy atom. The monoisotopic (exact) mass is 495 g/mol. The van der Waals surface area contributed by atoms with Gasteiger partial charge in [-0.3, -0.25) is 13.9 Å². The standard InChI is InChI=1S/C24H31F2N3O4S/c1-4-15-27-24(31)18(2)28(17-19-10-5-6-11-20(19)25)23(30)14-9-16-29(34(3,32)33)22-13-8-7-12-21(22)26/h5-8,10-13,18H,4,9,14-17H2,1-3H3,(H,27,31)/t18-/m1/s1. The fourth-order valence-electron chi connectivity index (χ4n) is 3.43. The summed E-state index contributed by atoms with van der Waals surface area (Å²) in [6.45, 7) is 3.66. The van der Waals surface area contributed by atoms with Crippen LogP contribution in [0.1, 0.15) is 38.7 Å². The van der Waals surface area contributed by atoms with Gasteiger partial charge in [0.2, 0.25) is 21.8 Å². The number of para-hydroxylation sites is 1. The van der Waals surface area contributed by atoms with Crippen molar-refractivity contribution in [2.24, 2.45) is 0 Å². The molecule has 0 unspecified atom stereocenters. The first-order valence-electron chi connectivity index (χ1n) is 11.1. The van der Waals surface area contributed by atoms with Crippen molar-refractivity contribution in [1.29, 1.82) is 0 Å². The summed E-state index contributed by atoms with van der Waals surface area (Å²) in [5, 5.41) is 2.73. The van der Waals surface area contributed by atoms with E-state index in [4.69, 9.17) is 0 Å². The van der Waals surface area contributed by atoms with Gasteiger partial charge in [0.25, 0.3) is 0 Å². The zero-order chi connectivity index (χ0) is 25.3. The van der Waals surface area contributed by atoms with E-state index in [-0.39, 0.29) is 43.1 Å². The van der Waals surface area contributed by atoms with E-state index in [0.717, 1.165) is 23.0 Å². The number of anilines is 1. The van der Waals surface area contributed by atoms with Gasteiger partial charge in [-0.15, -0.1) is 0 Å². The molecule has 0 fully saturated rings. The fraction of sp³-hybridized carbons (Fsp3) is 0.417. The van der Waals surface area contributed by atoms with E-state index in [9.17, 15) is 26.8 Å². The number of sulfonamides is 1. The SMILES string of the molecule is CCCNC(=O)[C@@H](C)N(Cc1ccccc1F)C(=O)CCCN(c1ccccc1F)S(C)(=O)=O. The third-order valence-corrected chi connectivity index (χ3v) is 6.47. The van der Waals surface area contributed by atoms with Gasteiger partial charge in [-0.1, -0.05) is 37.3 Å². The molecule has 2 aromatic carbocycles. The van der Waals surface area contributed by atoms with Crippen LogP contribution in [0, 0.1) is 11.6 Å². The zero-order valence-electron chi connectivity index (χ0n) is 19.6. The minimum absolute atomic E-state index is 0.0807. The fourth-order valence-corrected chi connectivity index (χ4v) is 4.39. The Kier molecular flexibility index (Phi) is 9.97. The minimum Gasteiger partial charge on any atom is -0.354 e. The van der Waals surface area contributed by atoms with Gasteiger partial charge < -0.3 is 10.2 Å². The third-order valence-electron chi connectivity index (χ3n) is 5.29. The number of hydrogen-bond donors (Lipinski definition) is 1. The van der Waals surface area contributed by atoms with Crippen molar-refractivity contribution in [3.63, 3.8) is 0 Å². The molecule has 2 rings (SSSR count). The molecule has 0 saturated heterocycles. The van der Waals surface area contributed by atoms with Crippen LogP contribution in [0.15, 0.2) is 48.5 Å². The molecular weight excluding hydrogens is 464 g/mol. The Morgan fingerprint density at radius 2 is 1.65 bits per heavy atom. The van der Waals surface area contributed by atoms with E-state index in [2.05, 4.69) is 5.32 Å². The van der Waals surface area contributed by atoms with Crippen molar-refractivity contribution >= 4 is 27.5 Å². The van der Waals surface area contributed by atoms with E-state index in [1.54, 1.807) is 13.0 Å². The second-order valence-corrected chi connectivity index (χ2v) is 9.88. The second-order valence-electron chi connectivity index (χ2n) is 7.97. The number of rotatable bonds is 12. The molecule has 2 amide bonds. The molecule has 10 heteroatoms. The molecule has 34 heavy (non-hydrogen) atoms. The lowest BCUT2D eigenvalue weighted by molar-refractivity contribution is -0.140. The summed E-state index contributed by atoms with van der Waals surface area (Å²) >= 11 is 0. The van der Waals surface area contributed by atoms with Crippen molar-refractivity contribution in [1.82, 2.24) is 10.2 Å². The summed E-state index contributed by atoms with van der Waals surface area (Å²) in [5.41, 5.74) is 0.156. The van der Waals surface area contributed by atoms with Crippen LogP contribution in [0.25, 0.3) is 0 Å². The van der Waals surface area contributed by atoms with Crippen LogP contribution in [0.4, 0.5) is 14.5 Å². The number of nitrogens with one attached hydrogen (secondary N) is 1. The predicted octanol–water partition coefficient (Wildman–Crippen LogP) is 3.45. The highest BCUT2D eigenvalue weighted by atomic mass is 32.2. The molecule has 0 spiro atoms. The summed E-state index contributed by atoms with van der Waals surface area (Å²) < 4.78 is 53.8. The molecule has 1 N–H and O–H groups in total. The van der Waals surface area contributed by atoms with Gasteiger partial charge in [-0.2, -0.15) is 0 Å². The smallest absolute Gasteiger partial charge is 0.242 e. The second kappa shape index (κ2) is 12.5. The molecule has 2 aromatic rings. The maximum atomic E-state index is 14.2. The molecule has 0 aliphatic heterocycles. The van der Waals surface area contributed by atoms with Crippen LogP contribution in [0.3, 0.4) is 0 Å². The summed E-state index contributed by atoms with van der Waals surface area (Å²) in [7, 11) is -3.80. The summed E-state index contributed by atoms with van der Waals surface area (Å²) in [4.78, 5) is 26.9. The van der Waals surface area contributed by atoms with Gasteiger partial charge in [0.05, 0.1) is 11.9 Å². The van der Waals surface area contributed by atoms with Crippen LogP contribution in [0.2, 0.25) is 0 Å². The van der Waals surface area contributed by atoms with Gasteiger partial charge in [-0.25, -0.2) is 17.2 Å². The van der Waals surface area contributed by atoms with Crippen LogP contribution < -0.4 is 9.62 Å². The lowest BCUT2D eigenvalue weighted by atomic mass is 10.1. The molecule has 186 valence electrons. The van der Waals surface area contributed by atoms with Crippen molar-refractivity contribution in [2.45, 2.75) is 45.7 Å². The highest BCUT2D eigenvalue weighted by Gasteiger charge is 2.27. The van der Waals surface area contributed by atoms with Gasteiger partial charge in [0.1, 0.15) is 17.7 Å². The molecule has 0 bridgehead atoms. The molecular formula is C24H31F2N3O4S. The normalized spacial score (nSPS) is 12.1. The van der Waals surface area contributed by atoms with Gasteiger partial charge in [-0.05, 0) is 38.0 Å². The number of nitrogens with zero attached hydrogens (tertiary/aromatic N) is 2. The van der Waals surface area contributed by atoms with Crippen molar-refractivity contribution < 1.29 is 26.8 Å². The number of benzene rings is 2. The maximum absolute atomic E-state index is 14.2. The number of amides is 2. The summed E-state index contributed by atoms with van der Waals surface area (Å²) in [5.74, 6) is -1.99. The zero-order valence-corrected chi connectivity index (χ0v) is 20.4. The molecule has 0 heterocycles. The van der Waals surface area contributed by atoms with Crippen LogP contribution in [-0.2, 0) is 26.2 Å². The van der Waals surface area contributed by atoms with Gasteiger partial charge in [0, 0.05) is 31.6 Å². The Morgan fingerprint density at radius 1 is 1.03 bits per heavy atom. The number of hydrogen-bond acceptors (Lipinski definition) is 4. The van der Waals surface area contributed by atoms with E-state index in [0.29, 0.717) is 6.54 Å². The molecule has 0 aromatic heterocycles. The van der Waals surface area contributed by atoms with E-state index >= 15 is 0 Å². The lowest BCUT2D eigenvalue weighted by Gasteiger charge is -2.29. The quantitative estimate of drug-likeness (QED) is 0.489. The van der Waals surface area contributed by atoms with Crippen molar-refractivity contribution in [3.8, 4) is 0 Å². The van der Waals surface area contributed by atoms with E-state index in [1.807, 2.05) is 6.92 Å². The van der Waals surface area contributed by atoms with Crippen LogP contribution in [-0.4, -0.2) is 50.5 Å². The van der Waals surface area contributed by atoms with Crippen molar-refractivity contribution in [2.75, 3.05) is 23.7 Å². The highest BCUT2D eigenvalue weighted by Crippen LogP contribution is 2.22. The van der Waals surface area contributed by atoms with E-state index in [1.165, 1.54) is 41.3 Å². The van der Waals surface area contributed by atoms with E-state index < -0.39 is 33.6 Å². The predicted molar refractivity (Wildman–Crippen MR) is 128 cm³/mol. The number of carbonyl (C=O) groups excluding carboxylic acids is 2. The average molecular weight is 496 g/mol.